The average molecular weight is 302 g/mol. The summed E-state index contributed by atoms with van der Waals surface area (Å²) < 4.78 is 5.39. The highest BCUT2D eigenvalue weighted by atomic mass is 32.1. The molecule has 3 rings (SSSR count). The van der Waals surface area contributed by atoms with Crippen LogP contribution < -0.4 is 10.2 Å². The number of hydrogen-bond donors (Lipinski definition) is 1. The fraction of sp³-hybridized carbons (Fsp3) is 0.412. The van der Waals surface area contributed by atoms with Crippen molar-refractivity contribution < 1.29 is 4.74 Å². The number of anilines is 1. The highest BCUT2D eigenvalue weighted by Crippen LogP contribution is 2.18. The molecule has 0 aliphatic carbocycles. The molecular weight excluding hydrogens is 280 g/mol. The average Bonchev–Trinajstić information content (AvgIpc) is 3.08. The van der Waals surface area contributed by atoms with Crippen molar-refractivity contribution in [2.45, 2.75) is 19.5 Å². The summed E-state index contributed by atoms with van der Waals surface area (Å²) in [4.78, 5) is 2.38. The first-order chi connectivity index (χ1) is 10.3. The van der Waals surface area contributed by atoms with E-state index in [4.69, 9.17) is 4.74 Å². The highest BCUT2D eigenvalue weighted by molar-refractivity contribution is 7.07. The van der Waals surface area contributed by atoms with Crippen LogP contribution in [0.2, 0.25) is 0 Å². The molecule has 0 bridgehead atoms. The Bertz CT molecular complexity index is 532. The molecule has 0 spiro atoms. The zero-order valence-electron chi connectivity index (χ0n) is 12.4. The minimum absolute atomic E-state index is 0.398. The smallest absolute Gasteiger partial charge is 0.0642 e. The second-order valence-corrected chi connectivity index (χ2v) is 6.21. The van der Waals surface area contributed by atoms with Gasteiger partial charge in [-0.2, -0.15) is 11.3 Å². The van der Waals surface area contributed by atoms with E-state index in [2.05, 4.69) is 58.2 Å². The lowest BCUT2D eigenvalue weighted by Gasteiger charge is -2.29. The van der Waals surface area contributed by atoms with E-state index in [0.29, 0.717) is 6.04 Å². The van der Waals surface area contributed by atoms with Gasteiger partial charge in [0.25, 0.3) is 0 Å². The number of hydrogen-bond acceptors (Lipinski definition) is 4. The molecule has 3 nitrogen and oxygen atoms in total. The van der Waals surface area contributed by atoms with E-state index in [9.17, 15) is 0 Å². The van der Waals surface area contributed by atoms with Gasteiger partial charge in [0.1, 0.15) is 0 Å². The molecule has 1 aromatic carbocycles. The van der Waals surface area contributed by atoms with Crippen LogP contribution in [-0.4, -0.2) is 26.3 Å². The van der Waals surface area contributed by atoms with E-state index in [1.165, 1.54) is 16.8 Å². The van der Waals surface area contributed by atoms with Crippen LogP contribution >= 0.6 is 11.3 Å². The van der Waals surface area contributed by atoms with Gasteiger partial charge in [-0.3, -0.25) is 0 Å². The molecule has 0 amide bonds. The molecule has 1 fully saturated rings. The summed E-state index contributed by atoms with van der Waals surface area (Å²) >= 11 is 1.75. The second-order valence-electron chi connectivity index (χ2n) is 5.43. The van der Waals surface area contributed by atoms with E-state index < -0.39 is 0 Å². The summed E-state index contributed by atoms with van der Waals surface area (Å²) in [5.74, 6) is 0. The summed E-state index contributed by atoms with van der Waals surface area (Å²) in [7, 11) is 0. The zero-order valence-corrected chi connectivity index (χ0v) is 13.2. The number of benzene rings is 1. The predicted molar refractivity (Wildman–Crippen MR) is 89.0 cm³/mol. The Morgan fingerprint density at radius 1 is 1.19 bits per heavy atom. The largest absolute Gasteiger partial charge is 0.378 e. The van der Waals surface area contributed by atoms with Gasteiger partial charge in [0, 0.05) is 31.4 Å². The molecule has 21 heavy (non-hydrogen) atoms. The molecule has 2 heterocycles. The molecule has 1 unspecified atom stereocenters. The van der Waals surface area contributed by atoms with Crippen molar-refractivity contribution in [1.82, 2.24) is 5.32 Å². The molecule has 112 valence electrons. The third-order valence-electron chi connectivity index (χ3n) is 3.97. The SMILES string of the molecule is CC(NCc1ccc(N2CCOCC2)cc1)c1ccsc1. The van der Waals surface area contributed by atoms with Crippen LogP contribution in [-0.2, 0) is 11.3 Å². The normalized spacial score (nSPS) is 16.9. The standard InChI is InChI=1S/C17H22N2OS/c1-14(16-6-11-21-13-16)18-12-15-2-4-17(5-3-15)19-7-9-20-10-8-19/h2-6,11,13-14,18H,7-10,12H2,1H3. The Labute approximate surface area is 130 Å². The van der Waals surface area contributed by atoms with Crippen molar-refractivity contribution >= 4 is 17.0 Å². The third-order valence-corrected chi connectivity index (χ3v) is 4.67. The Kier molecular flexibility index (Phi) is 4.91. The minimum atomic E-state index is 0.398. The maximum absolute atomic E-state index is 5.39. The summed E-state index contributed by atoms with van der Waals surface area (Å²) in [5.41, 5.74) is 3.99. The Morgan fingerprint density at radius 2 is 1.95 bits per heavy atom. The lowest BCUT2D eigenvalue weighted by molar-refractivity contribution is 0.122. The molecule has 1 atom stereocenters. The number of nitrogens with zero attached hydrogens (tertiary/aromatic N) is 1. The lowest BCUT2D eigenvalue weighted by Crippen LogP contribution is -2.36. The Morgan fingerprint density at radius 3 is 2.62 bits per heavy atom. The Hall–Kier alpha value is -1.36. The van der Waals surface area contributed by atoms with Gasteiger partial charge in [0.15, 0.2) is 0 Å². The van der Waals surface area contributed by atoms with Crippen molar-refractivity contribution in [3.63, 3.8) is 0 Å². The van der Waals surface area contributed by atoms with E-state index in [1.54, 1.807) is 11.3 Å². The van der Waals surface area contributed by atoms with Crippen LogP contribution in [0.5, 0.6) is 0 Å². The minimum Gasteiger partial charge on any atom is -0.378 e. The number of nitrogens with one attached hydrogen (secondary N) is 1. The maximum atomic E-state index is 5.39. The first kappa shape index (κ1) is 14.6. The topological polar surface area (TPSA) is 24.5 Å². The monoisotopic (exact) mass is 302 g/mol. The quantitative estimate of drug-likeness (QED) is 0.916. The third kappa shape index (κ3) is 3.84. The van der Waals surface area contributed by atoms with Crippen LogP contribution in [0, 0.1) is 0 Å². The zero-order chi connectivity index (χ0) is 14.5. The fourth-order valence-electron chi connectivity index (χ4n) is 2.56. The van der Waals surface area contributed by atoms with Gasteiger partial charge in [-0.15, -0.1) is 0 Å². The second kappa shape index (κ2) is 7.07. The molecule has 1 N–H and O–H groups in total. The van der Waals surface area contributed by atoms with Gasteiger partial charge in [0.05, 0.1) is 13.2 Å². The highest BCUT2D eigenvalue weighted by Gasteiger charge is 2.11. The molecule has 2 aromatic rings. The van der Waals surface area contributed by atoms with Gasteiger partial charge in [-0.1, -0.05) is 12.1 Å². The summed E-state index contributed by atoms with van der Waals surface area (Å²) in [6.07, 6.45) is 0. The van der Waals surface area contributed by atoms with Gasteiger partial charge in [0.2, 0.25) is 0 Å². The van der Waals surface area contributed by atoms with Crippen LogP contribution in [0.3, 0.4) is 0 Å². The molecule has 0 radical (unpaired) electrons. The number of morpholine rings is 1. The van der Waals surface area contributed by atoms with E-state index in [1.807, 2.05) is 0 Å². The van der Waals surface area contributed by atoms with Crippen molar-refractivity contribution in [3.8, 4) is 0 Å². The Balaban J connectivity index is 1.54. The first-order valence-corrected chi connectivity index (χ1v) is 8.44. The molecule has 1 saturated heterocycles. The molecule has 1 aliphatic rings. The van der Waals surface area contributed by atoms with E-state index in [0.717, 1.165) is 32.8 Å². The van der Waals surface area contributed by atoms with Crippen LogP contribution in [0.4, 0.5) is 5.69 Å². The molecule has 1 aromatic heterocycles. The van der Waals surface area contributed by atoms with E-state index in [-0.39, 0.29) is 0 Å². The van der Waals surface area contributed by atoms with Gasteiger partial charge < -0.3 is 15.0 Å². The fourth-order valence-corrected chi connectivity index (χ4v) is 3.31. The summed E-state index contributed by atoms with van der Waals surface area (Å²) in [6, 6.07) is 11.5. The molecule has 0 saturated carbocycles. The molecular formula is C17H22N2OS. The first-order valence-electron chi connectivity index (χ1n) is 7.50. The van der Waals surface area contributed by atoms with E-state index >= 15 is 0 Å². The van der Waals surface area contributed by atoms with Gasteiger partial charge in [-0.25, -0.2) is 0 Å². The molecule has 4 heteroatoms. The van der Waals surface area contributed by atoms with Crippen LogP contribution in [0.1, 0.15) is 24.1 Å². The summed E-state index contributed by atoms with van der Waals surface area (Å²) in [5, 5.41) is 7.91. The van der Waals surface area contributed by atoms with Crippen molar-refractivity contribution in [2.75, 3.05) is 31.2 Å². The lowest BCUT2D eigenvalue weighted by atomic mass is 10.1. The van der Waals surface area contributed by atoms with Crippen LogP contribution in [0.15, 0.2) is 41.1 Å². The predicted octanol–water partition coefficient (Wildman–Crippen LogP) is 3.44. The van der Waals surface area contributed by atoms with Crippen molar-refractivity contribution in [3.05, 3.63) is 52.2 Å². The number of ether oxygens (including phenoxy) is 1. The maximum Gasteiger partial charge on any atom is 0.0642 e. The van der Waals surface area contributed by atoms with Crippen molar-refractivity contribution in [2.24, 2.45) is 0 Å². The van der Waals surface area contributed by atoms with Crippen LogP contribution in [0.25, 0.3) is 0 Å². The molecule has 1 aliphatic heterocycles. The number of rotatable bonds is 5. The summed E-state index contributed by atoms with van der Waals surface area (Å²) in [6.45, 7) is 6.77. The van der Waals surface area contributed by atoms with Crippen molar-refractivity contribution in [1.29, 1.82) is 0 Å². The van der Waals surface area contributed by atoms with Gasteiger partial charge >= 0.3 is 0 Å². The number of thiophene rings is 1. The van der Waals surface area contributed by atoms with Gasteiger partial charge in [-0.05, 0) is 47.0 Å².